The van der Waals surface area contributed by atoms with Crippen molar-refractivity contribution in [2.24, 2.45) is 0 Å². The van der Waals surface area contributed by atoms with Crippen LogP contribution in [0.3, 0.4) is 0 Å². The Morgan fingerprint density at radius 3 is 2.24 bits per heavy atom. The highest BCUT2D eigenvalue weighted by Gasteiger charge is 2.08. The Bertz CT molecular complexity index is 599. The average molecular weight is 283 g/mol. The number of hydrogen-bond donors (Lipinski definition) is 1. The maximum atomic E-state index is 6.03. The number of rotatable bonds is 5. The van der Waals surface area contributed by atoms with E-state index in [1.807, 2.05) is 7.05 Å². The van der Waals surface area contributed by atoms with Crippen molar-refractivity contribution < 1.29 is 4.74 Å². The Hall–Kier alpha value is -1.80. The number of nitrogens with one attached hydrogen (secondary N) is 1. The van der Waals surface area contributed by atoms with E-state index in [2.05, 4.69) is 69.4 Å². The molecule has 2 aromatic carbocycles. The molecule has 2 aromatic rings. The molecule has 2 heteroatoms. The van der Waals surface area contributed by atoms with Crippen LogP contribution in [0.4, 0.5) is 0 Å². The van der Waals surface area contributed by atoms with Gasteiger partial charge in [-0.2, -0.15) is 0 Å². The van der Waals surface area contributed by atoms with Crippen LogP contribution in [0, 0.1) is 20.8 Å². The molecule has 0 fully saturated rings. The van der Waals surface area contributed by atoms with Gasteiger partial charge in [0, 0.05) is 6.04 Å². The second-order valence-electron chi connectivity index (χ2n) is 5.69. The van der Waals surface area contributed by atoms with E-state index in [1.165, 1.54) is 27.8 Å². The van der Waals surface area contributed by atoms with Gasteiger partial charge in [-0.05, 0) is 68.6 Å². The first-order valence-corrected chi connectivity index (χ1v) is 7.48. The highest BCUT2D eigenvalue weighted by Crippen LogP contribution is 2.24. The highest BCUT2D eigenvalue weighted by molar-refractivity contribution is 5.38. The minimum Gasteiger partial charge on any atom is -0.489 e. The predicted molar refractivity (Wildman–Crippen MR) is 88.9 cm³/mol. The molecule has 112 valence electrons. The van der Waals surface area contributed by atoms with Crippen LogP contribution in [0.1, 0.15) is 40.8 Å². The van der Waals surface area contributed by atoms with Crippen molar-refractivity contribution in [2.75, 3.05) is 7.05 Å². The first-order chi connectivity index (χ1) is 10.0. The van der Waals surface area contributed by atoms with Crippen molar-refractivity contribution >= 4 is 0 Å². The van der Waals surface area contributed by atoms with Gasteiger partial charge in [-0.1, -0.05) is 30.3 Å². The maximum absolute atomic E-state index is 6.03. The lowest BCUT2D eigenvalue weighted by Gasteiger charge is -2.16. The monoisotopic (exact) mass is 283 g/mol. The Balaban J connectivity index is 2.14. The Morgan fingerprint density at radius 1 is 1.00 bits per heavy atom. The molecule has 0 spiro atoms. The van der Waals surface area contributed by atoms with Gasteiger partial charge in [-0.15, -0.1) is 0 Å². The molecule has 0 aliphatic heterocycles. The SMILES string of the molecule is CNC(C)c1ccc(OCc2c(C)cccc2C)c(C)c1. The number of aryl methyl sites for hydroxylation is 3. The molecule has 0 saturated heterocycles. The predicted octanol–water partition coefficient (Wildman–Crippen LogP) is 4.47. The van der Waals surface area contributed by atoms with Crippen LogP contribution in [0.2, 0.25) is 0 Å². The topological polar surface area (TPSA) is 21.3 Å². The zero-order chi connectivity index (χ0) is 15.4. The Labute approximate surface area is 128 Å². The molecule has 1 N–H and O–H groups in total. The quantitative estimate of drug-likeness (QED) is 0.874. The van der Waals surface area contributed by atoms with E-state index < -0.39 is 0 Å². The van der Waals surface area contributed by atoms with Gasteiger partial charge in [0.15, 0.2) is 0 Å². The number of ether oxygens (including phenoxy) is 1. The van der Waals surface area contributed by atoms with Crippen molar-refractivity contribution in [1.82, 2.24) is 5.32 Å². The fourth-order valence-corrected chi connectivity index (χ4v) is 2.50. The van der Waals surface area contributed by atoms with Crippen LogP contribution in [-0.2, 0) is 6.61 Å². The average Bonchev–Trinajstić information content (AvgIpc) is 2.47. The molecule has 0 amide bonds. The molecule has 0 heterocycles. The molecule has 0 aliphatic rings. The maximum Gasteiger partial charge on any atom is 0.122 e. The second-order valence-corrected chi connectivity index (χ2v) is 5.69. The lowest BCUT2D eigenvalue weighted by atomic mass is 10.0. The minimum atomic E-state index is 0.358. The van der Waals surface area contributed by atoms with Crippen LogP contribution >= 0.6 is 0 Å². The van der Waals surface area contributed by atoms with E-state index >= 15 is 0 Å². The summed E-state index contributed by atoms with van der Waals surface area (Å²) in [7, 11) is 1.98. The van der Waals surface area contributed by atoms with Crippen molar-refractivity contribution in [1.29, 1.82) is 0 Å². The standard InChI is InChI=1S/C19H25NO/c1-13-7-6-8-14(2)18(13)12-21-19-10-9-17(11-15(19)3)16(4)20-5/h6-11,16,20H,12H2,1-5H3. The first kappa shape index (κ1) is 15.6. The fraction of sp³-hybridized carbons (Fsp3) is 0.368. The van der Waals surface area contributed by atoms with Gasteiger partial charge in [0.2, 0.25) is 0 Å². The van der Waals surface area contributed by atoms with Gasteiger partial charge in [0.1, 0.15) is 12.4 Å². The summed E-state index contributed by atoms with van der Waals surface area (Å²) in [6.07, 6.45) is 0. The zero-order valence-electron chi connectivity index (χ0n) is 13.7. The molecule has 0 radical (unpaired) electrons. The summed E-state index contributed by atoms with van der Waals surface area (Å²) < 4.78 is 6.03. The summed E-state index contributed by atoms with van der Waals surface area (Å²) >= 11 is 0. The minimum absolute atomic E-state index is 0.358. The van der Waals surface area contributed by atoms with Gasteiger partial charge in [-0.25, -0.2) is 0 Å². The summed E-state index contributed by atoms with van der Waals surface area (Å²) in [6, 6.07) is 13.1. The molecule has 1 atom stereocenters. The van der Waals surface area contributed by atoms with Crippen molar-refractivity contribution in [3.63, 3.8) is 0 Å². The van der Waals surface area contributed by atoms with Crippen LogP contribution in [-0.4, -0.2) is 7.05 Å². The molecular formula is C19H25NO. The molecule has 2 nitrogen and oxygen atoms in total. The van der Waals surface area contributed by atoms with E-state index in [9.17, 15) is 0 Å². The molecule has 0 saturated carbocycles. The highest BCUT2D eigenvalue weighted by atomic mass is 16.5. The molecule has 0 aliphatic carbocycles. The molecule has 0 bridgehead atoms. The summed E-state index contributed by atoms with van der Waals surface area (Å²) in [5, 5.41) is 3.26. The molecule has 1 unspecified atom stereocenters. The summed E-state index contributed by atoms with van der Waals surface area (Å²) in [5.74, 6) is 0.963. The largest absolute Gasteiger partial charge is 0.489 e. The van der Waals surface area contributed by atoms with Crippen LogP contribution in [0.15, 0.2) is 36.4 Å². The van der Waals surface area contributed by atoms with Gasteiger partial charge >= 0.3 is 0 Å². The third-order valence-corrected chi connectivity index (χ3v) is 4.15. The smallest absolute Gasteiger partial charge is 0.122 e. The number of hydrogen-bond acceptors (Lipinski definition) is 2. The lowest BCUT2D eigenvalue weighted by molar-refractivity contribution is 0.302. The second kappa shape index (κ2) is 6.77. The molecule has 21 heavy (non-hydrogen) atoms. The summed E-state index contributed by atoms with van der Waals surface area (Å²) in [5.41, 5.74) is 6.32. The van der Waals surface area contributed by atoms with Gasteiger partial charge in [0.05, 0.1) is 0 Å². The number of benzene rings is 2. The van der Waals surface area contributed by atoms with E-state index in [1.54, 1.807) is 0 Å². The molecule has 2 rings (SSSR count). The van der Waals surface area contributed by atoms with Crippen molar-refractivity contribution in [3.05, 3.63) is 64.2 Å². The molecule has 0 aromatic heterocycles. The third-order valence-electron chi connectivity index (χ3n) is 4.15. The van der Waals surface area contributed by atoms with Crippen LogP contribution < -0.4 is 10.1 Å². The Morgan fingerprint density at radius 2 is 1.67 bits per heavy atom. The summed E-state index contributed by atoms with van der Waals surface area (Å²) in [6.45, 7) is 9.16. The van der Waals surface area contributed by atoms with E-state index in [4.69, 9.17) is 4.74 Å². The Kier molecular flexibility index (Phi) is 5.03. The van der Waals surface area contributed by atoms with Gasteiger partial charge in [0.25, 0.3) is 0 Å². The van der Waals surface area contributed by atoms with Crippen LogP contribution in [0.5, 0.6) is 5.75 Å². The normalized spacial score (nSPS) is 12.2. The first-order valence-electron chi connectivity index (χ1n) is 7.48. The van der Waals surface area contributed by atoms with E-state index in [-0.39, 0.29) is 0 Å². The van der Waals surface area contributed by atoms with Crippen molar-refractivity contribution in [3.8, 4) is 5.75 Å². The third kappa shape index (κ3) is 3.64. The zero-order valence-corrected chi connectivity index (χ0v) is 13.7. The summed E-state index contributed by atoms with van der Waals surface area (Å²) in [4.78, 5) is 0. The van der Waals surface area contributed by atoms with Crippen LogP contribution in [0.25, 0.3) is 0 Å². The molecular weight excluding hydrogens is 258 g/mol. The fourth-order valence-electron chi connectivity index (χ4n) is 2.50. The van der Waals surface area contributed by atoms with Crippen molar-refractivity contribution in [2.45, 2.75) is 40.3 Å². The van der Waals surface area contributed by atoms with E-state index in [0.717, 1.165) is 5.75 Å². The van der Waals surface area contributed by atoms with Gasteiger partial charge in [-0.3, -0.25) is 0 Å². The van der Waals surface area contributed by atoms with E-state index in [0.29, 0.717) is 12.6 Å². The van der Waals surface area contributed by atoms with Gasteiger partial charge < -0.3 is 10.1 Å². The lowest BCUT2D eigenvalue weighted by Crippen LogP contribution is -2.12.